The van der Waals surface area contributed by atoms with E-state index in [0.29, 0.717) is 24.9 Å². The summed E-state index contributed by atoms with van der Waals surface area (Å²) < 4.78 is 24.2. The number of nitrogens with zero attached hydrogens (tertiary/aromatic N) is 1. The maximum absolute atomic E-state index is 13.3. The fourth-order valence-electron chi connectivity index (χ4n) is 2.79. The minimum Gasteiger partial charge on any atom is -0.784 e. The highest BCUT2D eigenvalue weighted by Crippen LogP contribution is 2.69. The first-order valence-corrected chi connectivity index (χ1v) is 8.54. The lowest BCUT2D eigenvalue weighted by Gasteiger charge is -2.46. The second kappa shape index (κ2) is 6.37. The molecule has 5 nitrogen and oxygen atoms in total. The first-order valence-electron chi connectivity index (χ1n) is 7.00. The third kappa shape index (κ3) is 2.45. The summed E-state index contributed by atoms with van der Waals surface area (Å²) in [5.41, 5.74) is 0.706. The van der Waals surface area contributed by atoms with Crippen LogP contribution in [0.5, 0.6) is 0 Å². The largest absolute Gasteiger partial charge is 0.784 e. The van der Waals surface area contributed by atoms with Crippen molar-refractivity contribution in [2.45, 2.75) is 32.0 Å². The van der Waals surface area contributed by atoms with E-state index in [1.54, 1.807) is 13.8 Å². The normalized spacial score (nSPS) is 24.1. The van der Waals surface area contributed by atoms with Crippen LogP contribution < -0.4 is 0 Å². The van der Waals surface area contributed by atoms with Crippen LogP contribution in [0, 0.1) is 5.21 Å². The summed E-state index contributed by atoms with van der Waals surface area (Å²) in [5.74, 6) is 0. The van der Waals surface area contributed by atoms with Crippen molar-refractivity contribution in [3.8, 4) is 0 Å². The van der Waals surface area contributed by atoms with Crippen molar-refractivity contribution in [2.75, 3.05) is 19.8 Å². The van der Waals surface area contributed by atoms with Gasteiger partial charge in [-0.1, -0.05) is 30.3 Å². The third-order valence-electron chi connectivity index (χ3n) is 3.59. The Hall–Kier alpha value is -0.710. The molecule has 0 spiro atoms. The summed E-state index contributed by atoms with van der Waals surface area (Å²) in [5, 5.41) is 12.2. The third-order valence-corrected chi connectivity index (χ3v) is 6.39. The van der Waals surface area contributed by atoms with E-state index in [0.717, 1.165) is 5.06 Å². The van der Waals surface area contributed by atoms with Gasteiger partial charge in [0.25, 0.3) is 0 Å². The molecule has 0 bridgehead atoms. The molecule has 0 saturated carbocycles. The molecule has 0 aromatic heterocycles. The van der Waals surface area contributed by atoms with Gasteiger partial charge in [-0.2, -0.15) is 0 Å². The van der Waals surface area contributed by atoms with Crippen LogP contribution in [0.3, 0.4) is 0 Å². The molecule has 1 aliphatic rings. The van der Waals surface area contributed by atoms with Gasteiger partial charge in [0.1, 0.15) is 5.28 Å². The summed E-state index contributed by atoms with van der Waals surface area (Å²) >= 11 is 0. The zero-order valence-electron chi connectivity index (χ0n) is 11.9. The van der Waals surface area contributed by atoms with Gasteiger partial charge in [0.15, 0.2) is 0 Å². The molecule has 1 aromatic rings. The Morgan fingerprint density at radius 1 is 1.25 bits per heavy atom. The van der Waals surface area contributed by atoms with Crippen LogP contribution in [-0.2, 0) is 18.9 Å². The predicted octanol–water partition coefficient (Wildman–Crippen LogP) is 3.70. The molecule has 1 aliphatic heterocycles. The Kier molecular flexibility index (Phi) is 4.99. The molecule has 1 heterocycles. The number of benzene rings is 1. The summed E-state index contributed by atoms with van der Waals surface area (Å²) in [7, 11) is -3.56. The van der Waals surface area contributed by atoms with Crippen molar-refractivity contribution in [3.05, 3.63) is 41.1 Å². The summed E-state index contributed by atoms with van der Waals surface area (Å²) in [4.78, 5) is 0. The molecule has 20 heavy (non-hydrogen) atoms. The highest BCUT2D eigenvalue weighted by atomic mass is 31.2. The summed E-state index contributed by atoms with van der Waals surface area (Å²) in [6, 6.07) is 9.19. The van der Waals surface area contributed by atoms with Crippen molar-refractivity contribution in [1.29, 1.82) is 0 Å². The van der Waals surface area contributed by atoms with E-state index < -0.39 is 12.9 Å². The van der Waals surface area contributed by atoms with Gasteiger partial charge in [-0.25, -0.2) is 0 Å². The number of rotatable bonds is 6. The number of hydrogen-bond acceptors (Lipinski definition) is 5. The molecule has 0 N–H and O–H groups in total. The second-order valence-electron chi connectivity index (χ2n) is 4.72. The average Bonchev–Trinajstić information content (AvgIpc) is 2.83. The van der Waals surface area contributed by atoms with Crippen LogP contribution >= 0.6 is 7.60 Å². The number of hydroxylamine groups is 2. The van der Waals surface area contributed by atoms with Gasteiger partial charge in [-0.3, -0.25) is 4.57 Å². The maximum Gasteiger partial charge on any atom is 0.354 e. The molecule has 0 aliphatic carbocycles. The van der Waals surface area contributed by atoms with E-state index in [-0.39, 0.29) is 13.2 Å². The van der Waals surface area contributed by atoms with E-state index in [2.05, 4.69) is 0 Å². The molecule has 112 valence electrons. The topological polar surface area (TPSA) is 61.8 Å². The molecule has 1 aromatic carbocycles. The first-order chi connectivity index (χ1) is 9.60. The van der Waals surface area contributed by atoms with Crippen molar-refractivity contribution in [3.63, 3.8) is 0 Å². The van der Waals surface area contributed by atoms with Crippen LogP contribution in [0.2, 0.25) is 0 Å². The Morgan fingerprint density at radius 2 is 1.85 bits per heavy atom. The van der Waals surface area contributed by atoms with E-state index >= 15 is 0 Å². The molecule has 2 rings (SSSR count). The molecule has 1 atom stereocenters. The van der Waals surface area contributed by atoms with Gasteiger partial charge in [-0.05, 0) is 38.8 Å². The smallest absolute Gasteiger partial charge is 0.354 e. The first kappa shape index (κ1) is 15.7. The maximum atomic E-state index is 13.3. The van der Waals surface area contributed by atoms with Crippen LogP contribution in [-0.4, -0.2) is 24.8 Å². The lowest BCUT2D eigenvalue weighted by molar-refractivity contribution is 0.156. The average molecular weight is 298 g/mol. The van der Waals surface area contributed by atoms with Crippen molar-refractivity contribution in [1.82, 2.24) is 5.06 Å². The van der Waals surface area contributed by atoms with Gasteiger partial charge in [0, 0.05) is 0 Å². The van der Waals surface area contributed by atoms with Crippen molar-refractivity contribution in [2.24, 2.45) is 0 Å². The lowest BCUT2D eigenvalue weighted by atomic mass is 10.0. The molecular weight excluding hydrogens is 277 g/mol. The van der Waals surface area contributed by atoms with Crippen LogP contribution in [0.25, 0.3) is 0 Å². The van der Waals surface area contributed by atoms with E-state index in [1.807, 2.05) is 30.3 Å². The summed E-state index contributed by atoms with van der Waals surface area (Å²) in [6.45, 7) is 4.36. The minimum atomic E-state index is -3.56. The molecular formula is C14H21NO4P-. The van der Waals surface area contributed by atoms with Gasteiger partial charge in [-0.15, -0.1) is 0 Å². The quantitative estimate of drug-likeness (QED) is 0.749. The second-order valence-corrected chi connectivity index (χ2v) is 6.97. The van der Waals surface area contributed by atoms with E-state index in [4.69, 9.17) is 9.05 Å². The minimum absolute atomic E-state index is 0.250. The molecule has 0 radical (unpaired) electrons. The van der Waals surface area contributed by atoms with Gasteiger partial charge >= 0.3 is 7.60 Å². The molecule has 1 fully saturated rings. The number of hydrogen-bond donors (Lipinski definition) is 0. The molecule has 1 unspecified atom stereocenters. The van der Waals surface area contributed by atoms with E-state index in [1.165, 1.54) is 0 Å². The highest BCUT2D eigenvalue weighted by molar-refractivity contribution is 7.55. The summed E-state index contributed by atoms with van der Waals surface area (Å²) in [6.07, 6.45) is 1.17. The zero-order valence-corrected chi connectivity index (χ0v) is 12.8. The zero-order chi connectivity index (χ0) is 14.6. The molecule has 1 saturated heterocycles. The monoisotopic (exact) mass is 298 g/mol. The van der Waals surface area contributed by atoms with Gasteiger partial charge < -0.3 is 19.3 Å². The van der Waals surface area contributed by atoms with Crippen molar-refractivity contribution >= 4 is 7.60 Å². The van der Waals surface area contributed by atoms with Gasteiger partial charge in [0.05, 0.1) is 13.2 Å². The van der Waals surface area contributed by atoms with Crippen LogP contribution in [0.4, 0.5) is 0 Å². The fraction of sp³-hybridized carbons (Fsp3) is 0.571. The Labute approximate surface area is 120 Å². The SMILES string of the molecule is CCOP(=O)(OCC)C1(c2ccccc2)CCCN1[O-]. The van der Waals surface area contributed by atoms with Crippen molar-refractivity contribution < 1.29 is 13.6 Å². The van der Waals surface area contributed by atoms with Crippen LogP contribution in [0.15, 0.2) is 30.3 Å². The Balaban J connectivity index is 2.55. The highest BCUT2D eigenvalue weighted by Gasteiger charge is 2.55. The molecule has 6 heteroatoms. The fourth-order valence-corrected chi connectivity index (χ4v) is 5.25. The van der Waals surface area contributed by atoms with Gasteiger partial charge in [0.2, 0.25) is 0 Å². The van der Waals surface area contributed by atoms with E-state index in [9.17, 15) is 9.77 Å². The lowest BCUT2D eigenvalue weighted by Crippen LogP contribution is -2.38. The van der Waals surface area contributed by atoms with Crippen LogP contribution in [0.1, 0.15) is 32.3 Å². The standard InChI is InChI=1S/C14H21NO4P/c1-3-18-20(17,19-4-2)14(11-8-12-15(14)16)13-9-6-5-7-10-13/h5-7,9-10H,3-4,8,11-12H2,1-2H3/q-1. The Bertz CT molecular complexity index is 471. The molecule has 0 amide bonds. The Morgan fingerprint density at radius 3 is 2.30 bits per heavy atom. The predicted molar refractivity (Wildman–Crippen MR) is 78.3 cm³/mol.